The lowest BCUT2D eigenvalue weighted by molar-refractivity contribution is -0.168. The number of rotatable bonds is 4. The molecule has 4 rings (SSSR count). The van der Waals surface area contributed by atoms with Crippen LogP contribution in [0.4, 0.5) is 17.6 Å². The molecule has 2 saturated heterocycles. The first-order chi connectivity index (χ1) is 17.0. The molecule has 0 bridgehead atoms. The topological polar surface area (TPSA) is 113 Å². The summed E-state index contributed by atoms with van der Waals surface area (Å²) >= 11 is 6.48. The Bertz CT molecular complexity index is 807. The standard InChI is InChI=1S/C22H36ClF4N7O2/c1-34-10-13(19(33-34)22(25,26)27)20(36)30-21(28-16-5-3-2-4-14(16)23)29-18-9-17(31-32-18)12-7-6-11(35)8-15(12)24/h11-19,31-33,35H,2-10H2,1H3,(H2,28,29,30,36). The summed E-state index contributed by atoms with van der Waals surface area (Å²) in [4.78, 5) is 17.6. The number of nitrogens with zero attached hydrogens (tertiary/aromatic N) is 2. The molecule has 0 radical (unpaired) electrons. The molecule has 0 aromatic carbocycles. The van der Waals surface area contributed by atoms with Gasteiger partial charge in [-0.15, -0.1) is 11.6 Å². The van der Waals surface area contributed by atoms with Crippen molar-refractivity contribution in [3.05, 3.63) is 0 Å². The second-order valence-corrected chi connectivity index (χ2v) is 11.0. The molecule has 1 amide bonds. The van der Waals surface area contributed by atoms with E-state index in [1.165, 1.54) is 12.1 Å². The minimum atomic E-state index is -4.59. The van der Waals surface area contributed by atoms with Crippen molar-refractivity contribution in [3.63, 3.8) is 0 Å². The normalized spacial score (nSPS) is 40.9. The number of aliphatic imine (C=N–C) groups is 1. The van der Waals surface area contributed by atoms with Crippen molar-refractivity contribution in [2.45, 2.75) is 99.5 Å². The number of hydrogen-bond acceptors (Lipinski definition) is 7. The first-order valence-corrected chi connectivity index (χ1v) is 13.1. The number of alkyl halides is 5. The number of carbonyl (C=O) groups is 1. The summed E-state index contributed by atoms with van der Waals surface area (Å²) in [7, 11) is 1.45. The van der Waals surface area contributed by atoms with E-state index in [-0.39, 0.29) is 42.3 Å². The third-order valence-electron chi connectivity index (χ3n) is 7.68. The number of amides is 1. The van der Waals surface area contributed by atoms with Gasteiger partial charge in [-0.05, 0) is 25.7 Å². The van der Waals surface area contributed by atoms with E-state index < -0.39 is 42.5 Å². The number of hydrogen-bond donors (Lipinski definition) is 6. The van der Waals surface area contributed by atoms with Crippen LogP contribution >= 0.6 is 11.6 Å². The second-order valence-electron chi connectivity index (χ2n) is 10.4. The number of carbonyl (C=O) groups excluding carboxylic acids is 1. The molecule has 0 spiro atoms. The zero-order chi connectivity index (χ0) is 26.0. The van der Waals surface area contributed by atoms with Crippen molar-refractivity contribution in [1.82, 2.24) is 31.9 Å². The first-order valence-electron chi connectivity index (χ1n) is 12.7. The van der Waals surface area contributed by atoms with Crippen LogP contribution in [0.1, 0.15) is 51.4 Å². The maximum Gasteiger partial charge on any atom is 0.405 e. The molecule has 2 saturated carbocycles. The fourth-order valence-electron chi connectivity index (χ4n) is 5.71. The van der Waals surface area contributed by atoms with Crippen molar-refractivity contribution in [1.29, 1.82) is 0 Å². The highest BCUT2D eigenvalue weighted by atomic mass is 35.5. The third-order valence-corrected chi connectivity index (χ3v) is 8.20. The molecule has 206 valence electrons. The monoisotopic (exact) mass is 541 g/mol. The number of aliphatic hydroxyl groups excluding tert-OH is 1. The van der Waals surface area contributed by atoms with Crippen molar-refractivity contribution < 1.29 is 27.5 Å². The third kappa shape index (κ3) is 6.79. The summed E-state index contributed by atoms with van der Waals surface area (Å²) in [6.45, 7) is -0.110. The summed E-state index contributed by atoms with van der Waals surface area (Å²) in [5.41, 5.74) is 8.38. The Morgan fingerprint density at radius 3 is 2.58 bits per heavy atom. The van der Waals surface area contributed by atoms with Crippen LogP contribution in [0.3, 0.4) is 0 Å². The van der Waals surface area contributed by atoms with Gasteiger partial charge in [0.2, 0.25) is 5.91 Å². The van der Waals surface area contributed by atoms with E-state index in [9.17, 15) is 27.5 Å². The van der Waals surface area contributed by atoms with Gasteiger partial charge < -0.3 is 10.4 Å². The van der Waals surface area contributed by atoms with Crippen LogP contribution in [0.15, 0.2) is 4.99 Å². The van der Waals surface area contributed by atoms with Crippen LogP contribution in [-0.2, 0) is 4.79 Å². The Kier molecular flexibility index (Phi) is 8.99. The zero-order valence-electron chi connectivity index (χ0n) is 20.2. The number of halogens is 5. The Morgan fingerprint density at radius 2 is 1.89 bits per heavy atom. The molecule has 36 heavy (non-hydrogen) atoms. The molecule has 6 N–H and O–H groups in total. The molecule has 9 atom stereocenters. The van der Waals surface area contributed by atoms with Crippen molar-refractivity contribution in [2.75, 3.05) is 13.6 Å². The summed E-state index contributed by atoms with van der Waals surface area (Å²) < 4.78 is 55.1. The minimum absolute atomic E-state index is 0.0591. The molecule has 2 aliphatic heterocycles. The number of aliphatic hydroxyl groups is 1. The highest BCUT2D eigenvalue weighted by Gasteiger charge is 2.52. The Balaban J connectivity index is 1.46. The van der Waals surface area contributed by atoms with Gasteiger partial charge in [-0.3, -0.25) is 15.5 Å². The molecule has 14 heteroatoms. The molecule has 9 unspecified atom stereocenters. The molecular formula is C22H36ClF4N7O2. The maximum atomic E-state index is 14.6. The van der Waals surface area contributed by atoms with E-state index in [2.05, 4.69) is 31.9 Å². The lowest BCUT2D eigenvalue weighted by Crippen LogP contribution is -2.54. The molecule has 2 aliphatic carbocycles. The largest absolute Gasteiger partial charge is 0.405 e. The molecular weight excluding hydrogens is 506 g/mol. The quantitative estimate of drug-likeness (QED) is 0.138. The van der Waals surface area contributed by atoms with Crippen LogP contribution in [-0.4, -0.2) is 83.7 Å². The fourth-order valence-corrected chi connectivity index (χ4v) is 6.05. The van der Waals surface area contributed by atoms with Crippen molar-refractivity contribution >= 4 is 23.5 Å². The van der Waals surface area contributed by atoms with Gasteiger partial charge >= 0.3 is 6.18 Å². The summed E-state index contributed by atoms with van der Waals surface area (Å²) in [6.07, 6.45) is -1.85. The van der Waals surface area contributed by atoms with E-state index in [4.69, 9.17) is 11.6 Å². The lowest BCUT2D eigenvalue weighted by Gasteiger charge is -2.32. The van der Waals surface area contributed by atoms with Gasteiger partial charge in [0.15, 0.2) is 5.96 Å². The Hall–Kier alpha value is -1.25. The van der Waals surface area contributed by atoms with Gasteiger partial charge in [-0.1, -0.05) is 12.8 Å². The number of guanidine groups is 1. The van der Waals surface area contributed by atoms with Gasteiger partial charge in [-0.25, -0.2) is 25.2 Å². The Morgan fingerprint density at radius 1 is 1.14 bits per heavy atom. The average molecular weight is 542 g/mol. The highest BCUT2D eigenvalue weighted by molar-refractivity contribution is 6.21. The summed E-state index contributed by atoms with van der Waals surface area (Å²) in [5, 5.41) is 16.5. The van der Waals surface area contributed by atoms with Crippen LogP contribution in [0.5, 0.6) is 0 Å². The summed E-state index contributed by atoms with van der Waals surface area (Å²) in [6, 6.07) is -2.42. The lowest BCUT2D eigenvalue weighted by atomic mass is 9.80. The van der Waals surface area contributed by atoms with E-state index >= 15 is 0 Å². The van der Waals surface area contributed by atoms with Gasteiger partial charge in [0.25, 0.3) is 0 Å². The molecule has 0 aromatic rings. The molecule has 9 nitrogen and oxygen atoms in total. The van der Waals surface area contributed by atoms with E-state index in [1.54, 1.807) is 0 Å². The summed E-state index contributed by atoms with van der Waals surface area (Å²) in [5.74, 6) is -2.38. The van der Waals surface area contributed by atoms with Gasteiger partial charge in [0.05, 0.1) is 17.4 Å². The first kappa shape index (κ1) is 27.8. The van der Waals surface area contributed by atoms with E-state index in [0.29, 0.717) is 19.3 Å². The maximum absolute atomic E-state index is 14.6. The Labute approximate surface area is 213 Å². The number of nitrogens with one attached hydrogen (secondary N) is 5. The van der Waals surface area contributed by atoms with Crippen LogP contribution < -0.4 is 26.9 Å². The predicted octanol–water partition coefficient (Wildman–Crippen LogP) is 1.29. The van der Waals surface area contributed by atoms with Crippen molar-refractivity contribution in [2.24, 2.45) is 16.8 Å². The van der Waals surface area contributed by atoms with Crippen LogP contribution in [0, 0.1) is 11.8 Å². The van der Waals surface area contributed by atoms with E-state index in [0.717, 1.165) is 25.7 Å². The van der Waals surface area contributed by atoms with E-state index in [1.807, 2.05) is 0 Å². The van der Waals surface area contributed by atoms with Gasteiger partial charge in [-0.2, -0.15) is 13.2 Å². The molecule has 2 heterocycles. The SMILES string of the molecule is CN1CC(C(=O)N/C(=N/C2CC(C3CCC(O)CC3F)NN2)NC2CCCCC2Cl)C(C(F)(F)F)N1. The predicted molar refractivity (Wildman–Crippen MR) is 126 cm³/mol. The smallest absolute Gasteiger partial charge is 0.393 e. The fraction of sp³-hybridized carbons (Fsp3) is 0.909. The van der Waals surface area contributed by atoms with Crippen LogP contribution in [0.2, 0.25) is 0 Å². The van der Waals surface area contributed by atoms with Crippen LogP contribution in [0.25, 0.3) is 0 Å². The minimum Gasteiger partial charge on any atom is -0.393 e. The van der Waals surface area contributed by atoms with Crippen molar-refractivity contribution in [3.8, 4) is 0 Å². The molecule has 4 aliphatic rings. The zero-order valence-corrected chi connectivity index (χ0v) is 21.0. The number of hydrazine groups is 2. The molecule has 4 fully saturated rings. The van der Waals surface area contributed by atoms with Gasteiger partial charge in [0.1, 0.15) is 18.4 Å². The average Bonchev–Trinajstić information content (AvgIpc) is 3.42. The molecule has 0 aromatic heterocycles. The highest BCUT2D eigenvalue weighted by Crippen LogP contribution is 2.33. The second kappa shape index (κ2) is 11.6. The van der Waals surface area contributed by atoms with Gasteiger partial charge in [0, 0.05) is 44.4 Å².